The molecule has 0 aliphatic carbocycles. The first-order valence-electron chi connectivity index (χ1n) is 7.15. The second-order valence-corrected chi connectivity index (χ2v) is 5.04. The van der Waals surface area contributed by atoms with Crippen LogP contribution < -0.4 is 5.32 Å². The fraction of sp³-hybridized carbons (Fsp3) is 0.438. The summed E-state index contributed by atoms with van der Waals surface area (Å²) < 4.78 is 5.35. The van der Waals surface area contributed by atoms with Crippen LogP contribution >= 0.6 is 0 Å². The van der Waals surface area contributed by atoms with Crippen LogP contribution in [0.25, 0.3) is 0 Å². The molecule has 0 aliphatic rings. The van der Waals surface area contributed by atoms with Gasteiger partial charge in [0.15, 0.2) is 5.76 Å². The zero-order valence-corrected chi connectivity index (χ0v) is 12.3. The highest BCUT2D eigenvalue weighted by Crippen LogP contribution is 2.07. The Balaban J connectivity index is 1.76. The summed E-state index contributed by atoms with van der Waals surface area (Å²) in [5.41, 5.74) is 2.34. The third kappa shape index (κ3) is 4.79. The smallest absolute Gasteiger partial charge is 0.151 e. The van der Waals surface area contributed by atoms with E-state index in [0.29, 0.717) is 0 Å². The van der Waals surface area contributed by atoms with Gasteiger partial charge in [0.05, 0.1) is 12.2 Å². The Kier molecular flexibility index (Phi) is 5.77. The highest BCUT2D eigenvalue weighted by molar-refractivity contribution is 5.15. The number of nitrogens with one attached hydrogen (secondary N) is 1. The molecule has 0 unspecified atom stereocenters. The summed E-state index contributed by atoms with van der Waals surface area (Å²) in [7, 11) is 2.11. The van der Waals surface area contributed by atoms with E-state index in [1.165, 1.54) is 5.56 Å². The molecule has 0 radical (unpaired) electrons. The number of nitrogens with zero attached hydrogens (tertiary/aromatic N) is 2. The summed E-state index contributed by atoms with van der Waals surface area (Å²) in [4.78, 5) is 2.25. The molecule has 20 heavy (non-hydrogen) atoms. The van der Waals surface area contributed by atoms with E-state index in [1.54, 1.807) is 0 Å². The molecule has 1 N–H and O–H groups in total. The highest BCUT2D eigenvalue weighted by atomic mass is 16.5. The van der Waals surface area contributed by atoms with Gasteiger partial charge in [-0.3, -0.25) is 4.90 Å². The molecule has 0 saturated heterocycles. The van der Waals surface area contributed by atoms with Gasteiger partial charge in [-0.2, -0.15) is 0 Å². The van der Waals surface area contributed by atoms with Crippen LogP contribution in [0.1, 0.15) is 23.9 Å². The molecule has 1 aromatic heterocycles. The van der Waals surface area contributed by atoms with Crippen LogP contribution in [0.5, 0.6) is 0 Å². The van der Waals surface area contributed by atoms with E-state index in [-0.39, 0.29) is 0 Å². The molecule has 2 rings (SSSR count). The van der Waals surface area contributed by atoms with Crippen molar-refractivity contribution < 1.29 is 4.52 Å². The Hall–Kier alpha value is -1.65. The van der Waals surface area contributed by atoms with Crippen LogP contribution in [0.2, 0.25) is 0 Å². The molecule has 108 valence electrons. The maximum atomic E-state index is 5.35. The first-order valence-corrected chi connectivity index (χ1v) is 7.15. The standard InChI is InChI=1S/C16H23N3O/c1-3-17-12-15-11-16(20-18-15)13-19(2)10-9-14-7-5-4-6-8-14/h4-8,11,17H,3,9-10,12-13H2,1-2H3. The van der Waals surface area contributed by atoms with Crippen molar-refractivity contribution in [1.29, 1.82) is 0 Å². The Morgan fingerprint density at radius 3 is 2.80 bits per heavy atom. The predicted molar refractivity (Wildman–Crippen MR) is 80.4 cm³/mol. The number of hydrogen-bond acceptors (Lipinski definition) is 4. The van der Waals surface area contributed by atoms with E-state index < -0.39 is 0 Å². The van der Waals surface area contributed by atoms with Gasteiger partial charge in [-0.05, 0) is 25.6 Å². The lowest BCUT2D eigenvalue weighted by Crippen LogP contribution is -2.20. The summed E-state index contributed by atoms with van der Waals surface area (Å²) >= 11 is 0. The van der Waals surface area contributed by atoms with Crippen LogP contribution in [0.15, 0.2) is 40.9 Å². The van der Waals surface area contributed by atoms with E-state index in [1.807, 2.05) is 12.1 Å². The highest BCUT2D eigenvalue weighted by Gasteiger charge is 2.07. The zero-order chi connectivity index (χ0) is 14.2. The van der Waals surface area contributed by atoms with Crippen molar-refractivity contribution in [2.45, 2.75) is 26.4 Å². The van der Waals surface area contributed by atoms with E-state index in [9.17, 15) is 0 Å². The van der Waals surface area contributed by atoms with Crippen molar-refractivity contribution >= 4 is 0 Å². The molecule has 0 atom stereocenters. The first-order chi connectivity index (χ1) is 9.78. The topological polar surface area (TPSA) is 41.3 Å². The van der Waals surface area contributed by atoms with Crippen molar-refractivity contribution in [3.8, 4) is 0 Å². The van der Waals surface area contributed by atoms with Gasteiger partial charge in [0.2, 0.25) is 0 Å². The average molecular weight is 273 g/mol. The lowest BCUT2D eigenvalue weighted by atomic mass is 10.1. The van der Waals surface area contributed by atoms with Crippen molar-refractivity contribution in [3.63, 3.8) is 0 Å². The fourth-order valence-electron chi connectivity index (χ4n) is 2.08. The molecule has 4 nitrogen and oxygen atoms in total. The van der Waals surface area contributed by atoms with Crippen LogP contribution in [-0.4, -0.2) is 30.2 Å². The van der Waals surface area contributed by atoms with E-state index >= 15 is 0 Å². The van der Waals surface area contributed by atoms with Crippen LogP contribution in [0.3, 0.4) is 0 Å². The number of rotatable bonds is 8. The summed E-state index contributed by atoms with van der Waals surface area (Å²) in [6.45, 7) is 5.60. The van der Waals surface area contributed by atoms with Crippen LogP contribution in [0.4, 0.5) is 0 Å². The Labute approximate surface area is 120 Å². The van der Waals surface area contributed by atoms with Crippen molar-refractivity contribution in [2.75, 3.05) is 20.1 Å². The fourth-order valence-corrected chi connectivity index (χ4v) is 2.08. The second kappa shape index (κ2) is 7.82. The van der Waals surface area contributed by atoms with E-state index in [0.717, 1.165) is 44.1 Å². The molecule has 0 aliphatic heterocycles. The Bertz CT molecular complexity index is 495. The van der Waals surface area contributed by atoms with E-state index in [2.05, 4.69) is 53.6 Å². The molecule has 1 heterocycles. The summed E-state index contributed by atoms with van der Waals surface area (Å²) in [5, 5.41) is 7.30. The molecular formula is C16H23N3O. The maximum absolute atomic E-state index is 5.35. The minimum atomic E-state index is 0.772. The van der Waals surface area contributed by atoms with Gasteiger partial charge in [0.1, 0.15) is 0 Å². The van der Waals surface area contributed by atoms with Gasteiger partial charge in [0.25, 0.3) is 0 Å². The minimum absolute atomic E-state index is 0.772. The maximum Gasteiger partial charge on any atom is 0.151 e. The lowest BCUT2D eigenvalue weighted by Gasteiger charge is -2.14. The van der Waals surface area contributed by atoms with E-state index in [4.69, 9.17) is 4.52 Å². The van der Waals surface area contributed by atoms with Crippen molar-refractivity contribution in [3.05, 3.63) is 53.4 Å². The van der Waals surface area contributed by atoms with Gasteiger partial charge in [-0.15, -0.1) is 0 Å². The number of likely N-dealkylation sites (N-methyl/N-ethyl adjacent to an activating group) is 1. The third-order valence-corrected chi connectivity index (χ3v) is 3.21. The van der Waals surface area contributed by atoms with Crippen LogP contribution in [-0.2, 0) is 19.5 Å². The molecule has 2 aromatic rings. The molecule has 0 saturated carbocycles. The average Bonchev–Trinajstić information content (AvgIpc) is 2.91. The number of hydrogen-bond donors (Lipinski definition) is 1. The molecular weight excluding hydrogens is 250 g/mol. The van der Waals surface area contributed by atoms with Gasteiger partial charge in [0, 0.05) is 19.2 Å². The van der Waals surface area contributed by atoms with Crippen LogP contribution in [0, 0.1) is 0 Å². The molecule has 1 aromatic carbocycles. The molecule has 0 amide bonds. The minimum Gasteiger partial charge on any atom is -0.360 e. The Morgan fingerprint density at radius 2 is 2.05 bits per heavy atom. The Morgan fingerprint density at radius 1 is 1.25 bits per heavy atom. The summed E-state index contributed by atoms with van der Waals surface area (Å²) in [5.74, 6) is 0.925. The predicted octanol–water partition coefficient (Wildman–Crippen LogP) is 2.46. The van der Waals surface area contributed by atoms with Gasteiger partial charge >= 0.3 is 0 Å². The molecule has 0 bridgehead atoms. The largest absolute Gasteiger partial charge is 0.360 e. The second-order valence-electron chi connectivity index (χ2n) is 5.04. The lowest BCUT2D eigenvalue weighted by molar-refractivity contribution is 0.274. The van der Waals surface area contributed by atoms with Crippen molar-refractivity contribution in [1.82, 2.24) is 15.4 Å². The molecule has 0 fully saturated rings. The van der Waals surface area contributed by atoms with Gasteiger partial charge in [-0.25, -0.2) is 0 Å². The summed E-state index contributed by atoms with van der Waals surface area (Å²) in [6.07, 6.45) is 1.05. The summed E-state index contributed by atoms with van der Waals surface area (Å²) in [6, 6.07) is 12.6. The quantitative estimate of drug-likeness (QED) is 0.802. The zero-order valence-electron chi connectivity index (χ0n) is 12.3. The van der Waals surface area contributed by atoms with Gasteiger partial charge in [-0.1, -0.05) is 42.4 Å². The third-order valence-electron chi connectivity index (χ3n) is 3.21. The monoisotopic (exact) mass is 273 g/mol. The van der Waals surface area contributed by atoms with Crippen molar-refractivity contribution in [2.24, 2.45) is 0 Å². The number of benzene rings is 1. The first kappa shape index (κ1) is 14.8. The molecule has 4 heteroatoms. The molecule has 0 spiro atoms. The SMILES string of the molecule is CCNCc1cc(CN(C)CCc2ccccc2)on1. The van der Waals surface area contributed by atoms with Gasteiger partial charge < -0.3 is 9.84 Å². The number of aromatic nitrogens is 1. The normalized spacial score (nSPS) is 11.2.